The van der Waals surface area contributed by atoms with Crippen molar-refractivity contribution in [1.29, 1.82) is 5.26 Å². The highest BCUT2D eigenvalue weighted by atomic mass is 15.0. The standard InChI is InChI=1S/C19H16N2/c20-14-19-12-11-18(13-16-7-3-1-4-8-16)21(19)15-17-9-5-2-6-10-17/h1-12H,13,15H2. The van der Waals surface area contributed by atoms with Crippen LogP contribution in [0.15, 0.2) is 72.8 Å². The highest BCUT2D eigenvalue weighted by Crippen LogP contribution is 2.16. The topological polar surface area (TPSA) is 28.7 Å². The molecule has 0 saturated heterocycles. The van der Waals surface area contributed by atoms with E-state index in [9.17, 15) is 5.26 Å². The Labute approximate surface area is 124 Å². The molecular formula is C19H16N2. The number of benzene rings is 2. The van der Waals surface area contributed by atoms with Gasteiger partial charge in [-0.15, -0.1) is 0 Å². The molecular weight excluding hydrogens is 256 g/mol. The Kier molecular flexibility index (Phi) is 3.84. The van der Waals surface area contributed by atoms with Gasteiger partial charge in [-0.05, 0) is 23.3 Å². The van der Waals surface area contributed by atoms with Crippen LogP contribution in [0.5, 0.6) is 0 Å². The average Bonchev–Trinajstić information content (AvgIpc) is 2.91. The largest absolute Gasteiger partial charge is 0.332 e. The molecule has 0 unspecified atom stereocenters. The fourth-order valence-electron chi connectivity index (χ4n) is 2.52. The van der Waals surface area contributed by atoms with Crippen LogP contribution in [0.2, 0.25) is 0 Å². The van der Waals surface area contributed by atoms with Gasteiger partial charge in [-0.3, -0.25) is 0 Å². The first-order valence-corrected chi connectivity index (χ1v) is 7.03. The predicted molar refractivity (Wildman–Crippen MR) is 83.9 cm³/mol. The maximum absolute atomic E-state index is 9.31. The molecule has 0 fully saturated rings. The minimum atomic E-state index is 0.713. The number of hydrogen-bond donors (Lipinski definition) is 0. The maximum Gasteiger partial charge on any atom is 0.120 e. The molecule has 0 aliphatic carbocycles. The van der Waals surface area contributed by atoms with Crippen LogP contribution in [0.1, 0.15) is 22.5 Å². The molecule has 3 rings (SSSR count). The van der Waals surface area contributed by atoms with Crippen LogP contribution in [0.4, 0.5) is 0 Å². The molecule has 0 bridgehead atoms. The van der Waals surface area contributed by atoms with Gasteiger partial charge in [-0.25, -0.2) is 0 Å². The number of aromatic nitrogens is 1. The van der Waals surface area contributed by atoms with Crippen LogP contribution in [0.3, 0.4) is 0 Å². The third-order valence-corrected chi connectivity index (χ3v) is 3.60. The molecule has 2 nitrogen and oxygen atoms in total. The second-order valence-electron chi connectivity index (χ2n) is 5.06. The Morgan fingerprint density at radius 3 is 2.00 bits per heavy atom. The van der Waals surface area contributed by atoms with E-state index in [1.54, 1.807) is 0 Å². The zero-order valence-corrected chi connectivity index (χ0v) is 11.7. The lowest BCUT2D eigenvalue weighted by atomic mass is 10.1. The van der Waals surface area contributed by atoms with E-state index in [1.807, 2.05) is 42.5 Å². The van der Waals surface area contributed by atoms with E-state index < -0.39 is 0 Å². The van der Waals surface area contributed by atoms with Crippen LogP contribution in [-0.4, -0.2) is 4.57 Å². The Morgan fingerprint density at radius 2 is 1.38 bits per heavy atom. The van der Waals surface area contributed by atoms with E-state index in [0.717, 1.165) is 13.0 Å². The van der Waals surface area contributed by atoms with Gasteiger partial charge in [0.2, 0.25) is 0 Å². The highest BCUT2D eigenvalue weighted by Gasteiger charge is 2.09. The zero-order valence-electron chi connectivity index (χ0n) is 11.7. The van der Waals surface area contributed by atoms with Gasteiger partial charge in [0, 0.05) is 18.7 Å². The van der Waals surface area contributed by atoms with Gasteiger partial charge in [-0.2, -0.15) is 5.26 Å². The molecule has 2 aromatic carbocycles. The first-order chi connectivity index (χ1) is 10.4. The van der Waals surface area contributed by atoms with E-state index >= 15 is 0 Å². The van der Waals surface area contributed by atoms with Crippen LogP contribution >= 0.6 is 0 Å². The molecule has 0 saturated carbocycles. The van der Waals surface area contributed by atoms with E-state index in [4.69, 9.17) is 0 Å². The molecule has 21 heavy (non-hydrogen) atoms. The van der Waals surface area contributed by atoms with Crippen molar-refractivity contribution in [1.82, 2.24) is 4.57 Å². The molecule has 2 heteroatoms. The van der Waals surface area contributed by atoms with Crippen LogP contribution in [0, 0.1) is 11.3 Å². The molecule has 0 N–H and O–H groups in total. The summed E-state index contributed by atoms with van der Waals surface area (Å²) in [6.45, 7) is 0.735. The summed E-state index contributed by atoms with van der Waals surface area (Å²) < 4.78 is 2.10. The van der Waals surface area contributed by atoms with E-state index in [1.165, 1.54) is 16.8 Å². The summed E-state index contributed by atoms with van der Waals surface area (Å²) in [7, 11) is 0. The van der Waals surface area contributed by atoms with Crippen molar-refractivity contribution in [2.75, 3.05) is 0 Å². The average molecular weight is 272 g/mol. The Balaban J connectivity index is 1.91. The van der Waals surface area contributed by atoms with E-state index in [2.05, 4.69) is 41.0 Å². The molecule has 0 aliphatic rings. The van der Waals surface area contributed by atoms with Crippen molar-refractivity contribution < 1.29 is 0 Å². The van der Waals surface area contributed by atoms with Gasteiger partial charge < -0.3 is 4.57 Å². The van der Waals surface area contributed by atoms with Crippen molar-refractivity contribution in [3.05, 3.63) is 95.3 Å². The quantitative estimate of drug-likeness (QED) is 0.705. The Morgan fingerprint density at radius 1 is 0.762 bits per heavy atom. The summed E-state index contributed by atoms with van der Waals surface area (Å²) in [5.41, 5.74) is 4.35. The van der Waals surface area contributed by atoms with Crippen LogP contribution in [-0.2, 0) is 13.0 Å². The van der Waals surface area contributed by atoms with E-state index in [-0.39, 0.29) is 0 Å². The van der Waals surface area contributed by atoms with Crippen molar-refractivity contribution in [2.45, 2.75) is 13.0 Å². The molecule has 0 radical (unpaired) electrons. The van der Waals surface area contributed by atoms with Crippen molar-refractivity contribution in [3.8, 4) is 6.07 Å². The fourth-order valence-corrected chi connectivity index (χ4v) is 2.52. The number of rotatable bonds is 4. The van der Waals surface area contributed by atoms with Gasteiger partial charge in [-0.1, -0.05) is 60.7 Å². The first-order valence-electron chi connectivity index (χ1n) is 7.03. The maximum atomic E-state index is 9.31. The minimum absolute atomic E-state index is 0.713. The second-order valence-corrected chi connectivity index (χ2v) is 5.06. The van der Waals surface area contributed by atoms with Gasteiger partial charge in [0.1, 0.15) is 11.8 Å². The highest BCUT2D eigenvalue weighted by molar-refractivity contribution is 5.32. The smallest absolute Gasteiger partial charge is 0.120 e. The predicted octanol–water partition coefficient (Wildman–Crippen LogP) is 4.00. The lowest BCUT2D eigenvalue weighted by Crippen LogP contribution is -2.07. The van der Waals surface area contributed by atoms with E-state index in [0.29, 0.717) is 5.69 Å². The summed E-state index contributed by atoms with van der Waals surface area (Å²) in [5.74, 6) is 0. The number of hydrogen-bond acceptors (Lipinski definition) is 1. The third-order valence-electron chi connectivity index (χ3n) is 3.60. The van der Waals surface area contributed by atoms with Gasteiger partial charge >= 0.3 is 0 Å². The van der Waals surface area contributed by atoms with Crippen molar-refractivity contribution >= 4 is 0 Å². The normalized spacial score (nSPS) is 10.2. The van der Waals surface area contributed by atoms with Gasteiger partial charge in [0.25, 0.3) is 0 Å². The lowest BCUT2D eigenvalue weighted by Gasteiger charge is -2.11. The summed E-state index contributed by atoms with van der Waals surface area (Å²) in [5, 5.41) is 9.31. The number of nitrogens with zero attached hydrogens (tertiary/aromatic N) is 2. The van der Waals surface area contributed by atoms with Crippen LogP contribution in [0.25, 0.3) is 0 Å². The first kappa shape index (κ1) is 13.2. The van der Waals surface area contributed by atoms with Crippen molar-refractivity contribution in [3.63, 3.8) is 0 Å². The molecule has 3 aromatic rings. The Bertz CT molecular complexity index is 749. The molecule has 0 spiro atoms. The summed E-state index contributed by atoms with van der Waals surface area (Å²) in [6, 6.07) is 26.8. The lowest BCUT2D eigenvalue weighted by molar-refractivity contribution is 0.748. The molecule has 1 heterocycles. The van der Waals surface area contributed by atoms with Gasteiger partial charge in [0.15, 0.2) is 0 Å². The molecule has 0 aliphatic heterocycles. The minimum Gasteiger partial charge on any atom is -0.332 e. The third kappa shape index (κ3) is 3.04. The number of nitriles is 1. The molecule has 0 amide bonds. The summed E-state index contributed by atoms with van der Waals surface area (Å²) in [4.78, 5) is 0. The summed E-state index contributed by atoms with van der Waals surface area (Å²) >= 11 is 0. The Hall–Kier alpha value is -2.79. The monoisotopic (exact) mass is 272 g/mol. The summed E-state index contributed by atoms with van der Waals surface area (Å²) in [6.07, 6.45) is 0.843. The zero-order chi connectivity index (χ0) is 14.5. The van der Waals surface area contributed by atoms with Gasteiger partial charge in [0.05, 0.1) is 0 Å². The van der Waals surface area contributed by atoms with Crippen LogP contribution < -0.4 is 0 Å². The van der Waals surface area contributed by atoms with Crippen molar-refractivity contribution in [2.24, 2.45) is 0 Å². The molecule has 102 valence electrons. The second kappa shape index (κ2) is 6.11. The molecule has 0 atom stereocenters. The molecule has 1 aromatic heterocycles. The fraction of sp³-hybridized carbons (Fsp3) is 0.105. The SMILES string of the molecule is N#Cc1ccc(Cc2ccccc2)n1Cc1ccccc1.